The number of rotatable bonds is 8. The lowest BCUT2D eigenvalue weighted by Crippen LogP contribution is -2.26. The van der Waals surface area contributed by atoms with Crippen LogP contribution in [-0.4, -0.2) is 33.1 Å². The summed E-state index contributed by atoms with van der Waals surface area (Å²) in [6.07, 6.45) is 1.09. The van der Waals surface area contributed by atoms with Gasteiger partial charge in [-0.1, -0.05) is 52.3 Å². The van der Waals surface area contributed by atoms with Crippen LogP contribution in [0.5, 0.6) is 0 Å². The van der Waals surface area contributed by atoms with Crippen LogP contribution in [0.4, 0.5) is 0 Å². The van der Waals surface area contributed by atoms with Gasteiger partial charge in [-0.25, -0.2) is 9.78 Å². The molecule has 0 aliphatic heterocycles. The normalized spacial score (nSPS) is 10.9. The van der Waals surface area contributed by atoms with Gasteiger partial charge in [-0.3, -0.25) is 4.79 Å². The smallest absolute Gasteiger partial charge is 0.335 e. The number of aromatic nitrogens is 2. The van der Waals surface area contributed by atoms with E-state index >= 15 is 0 Å². The van der Waals surface area contributed by atoms with Gasteiger partial charge in [0, 0.05) is 29.5 Å². The third kappa shape index (κ3) is 5.06. The summed E-state index contributed by atoms with van der Waals surface area (Å²) in [5.74, 6) is -0.275. The summed E-state index contributed by atoms with van der Waals surface area (Å²) in [4.78, 5) is 28.4. The van der Waals surface area contributed by atoms with Gasteiger partial charge in [0.25, 0.3) is 0 Å². The Morgan fingerprint density at radius 2 is 1.69 bits per heavy atom. The molecule has 3 aromatic carbocycles. The fourth-order valence-corrected chi connectivity index (χ4v) is 3.85. The Labute approximate surface area is 194 Å². The SMILES string of the molecule is O=C(CCn1c(-c2ccc(C(=O)O)cc2)nc2ccccc21)NCCc1ccc(Br)cc1. The van der Waals surface area contributed by atoms with Crippen LogP contribution in [0.25, 0.3) is 22.4 Å². The second-order valence-electron chi connectivity index (χ2n) is 7.43. The minimum absolute atomic E-state index is 0.0212. The fraction of sp³-hybridized carbons (Fsp3) is 0.160. The zero-order valence-corrected chi connectivity index (χ0v) is 18.9. The first kappa shape index (κ1) is 21.8. The van der Waals surface area contributed by atoms with E-state index < -0.39 is 5.97 Å². The quantitative estimate of drug-likeness (QED) is 0.366. The Kier molecular flexibility index (Phi) is 6.66. The molecular weight excluding hydrogens is 470 g/mol. The van der Waals surface area contributed by atoms with E-state index in [2.05, 4.69) is 21.2 Å². The summed E-state index contributed by atoms with van der Waals surface area (Å²) in [5.41, 5.74) is 3.97. The summed E-state index contributed by atoms with van der Waals surface area (Å²) >= 11 is 3.42. The molecule has 0 atom stereocenters. The van der Waals surface area contributed by atoms with Crippen molar-refractivity contribution >= 4 is 38.8 Å². The van der Waals surface area contributed by atoms with E-state index in [1.54, 1.807) is 24.3 Å². The third-order valence-corrected chi connectivity index (χ3v) is 5.78. The number of amides is 1. The molecule has 1 amide bonds. The number of imidazole rings is 1. The van der Waals surface area contributed by atoms with Crippen molar-refractivity contribution in [2.45, 2.75) is 19.4 Å². The number of aryl methyl sites for hydroxylation is 1. The molecule has 0 aliphatic rings. The zero-order chi connectivity index (χ0) is 22.5. The van der Waals surface area contributed by atoms with Crippen molar-refractivity contribution in [1.29, 1.82) is 0 Å². The first-order valence-electron chi connectivity index (χ1n) is 10.3. The molecule has 6 nitrogen and oxygen atoms in total. The number of benzene rings is 3. The average Bonchev–Trinajstić information content (AvgIpc) is 3.17. The monoisotopic (exact) mass is 491 g/mol. The van der Waals surface area contributed by atoms with E-state index in [0.717, 1.165) is 27.5 Å². The molecule has 2 N–H and O–H groups in total. The van der Waals surface area contributed by atoms with Crippen molar-refractivity contribution in [3.05, 3.63) is 88.4 Å². The molecule has 1 aromatic heterocycles. The van der Waals surface area contributed by atoms with Gasteiger partial charge in [0.2, 0.25) is 5.91 Å². The molecule has 0 aliphatic carbocycles. The second-order valence-corrected chi connectivity index (χ2v) is 8.35. The first-order valence-corrected chi connectivity index (χ1v) is 11.1. The second kappa shape index (κ2) is 9.78. The van der Waals surface area contributed by atoms with Crippen molar-refractivity contribution in [2.75, 3.05) is 6.54 Å². The third-order valence-electron chi connectivity index (χ3n) is 5.26. The summed E-state index contributed by atoms with van der Waals surface area (Å²) in [6.45, 7) is 1.05. The molecule has 4 rings (SSSR count). The highest BCUT2D eigenvalue weighted by atomic mass is 79.9. The van der Waals surface area contributed by atoms with E-state index in [1.807, 2.05) is 53.1 Å². The Morgan fingerprint density at radius 3 is 2.41 bits per heavy atom. The maximum Gasteiger partial charge on any atom is 0.335 e. The number of carbonyl (C=O) groups excluding carboxylic acids is 1. The summed E-state index contributed by atoms with van der Waals surface area (Å²) in [6, 6.07) is 22.5. The fourth-order valence-electron chi connectivity index (χ4n) is 3.58. The molecule has 0 radical (unpaired) electrons. The van der Waals surface area contributed by atoms with Crippen LogP contribution >= 0.6 is 15.9 Å². The number of halogens is 1. The lowest BCUT2D eigenvalue weighted by Gasteiger charge is -2.10. The first-order chi connectivity index (χ1) is 15.5. The summed E-state index contributed by atoms with van der Waals surface area (Å²) in [7, 11) is 0. The molecule has 4 aromatic rings. The van der Waals surface area contributed by atoms with Gasteiger partial charge in [-0.15, -0.1) is 0 Å². The molecule has 0 fully saturated rings. The van der Waals surface area contributed by atoms with E-state index in [-0.39, 0.29) is 11.5 Å². The number of carboxylic acid groups (broad SMARTS) is 1. The lowest BCUT2D eigenvalue weighted by molar-refractivity contribution is -0.121. The molecular formula is C25H22BrN3O3. The standard InChI is InChI=1S/C25H22BrN3O3/c26-20-11-5-17(6-12-20)13-15-27-23(30)14-16-29-22-4-2-1-3-21(22)28-24(29)18-7-9-19(10-8-18)25(31)32/h1-12H,13-16H2,(H,27,30)(H,31,32). The molecule has 0 bridgehead atoms. The van der Waals surface area contributed by atoms with Crippen molar-refractivity contribution in [3.63, 3.8) is 0 Å². The van der Waals surface area contributed by atoms with Crippen molar-refractivity contribution < 1.29 is 14.7 Å². The van der Waals surface area contributed by atoms with Gasteiger partial charge in [-0.2, -0.15) is 0 Å². The van der Waals surface area contributed by atoms with E-state index in [9.17, 15) is 9.59 Å². The highest BCUT2D eigenvalue weighted by Gasteiger charge is 2.14. The predicted molar refractivity (Wildman–Crippen MR) is 128 cm³/mol. The molecule has 32 heavy (non-hydrogen) atoms. The Balaban J connectivity index is 1.46. The number of hydrogen-bond acceptors (Lipinski definition) is 3. The van der Waals surface area contributed by atoms with E-state index in [0.29, 0.717) is 25.3 Å². The molecule has 1 heterocycles. The molecule has 0 unspecified atom stereocenters. The molecule has 7 heteroatoms. The maximum atomic E-state index is 12.5. The summed E-state index contributed by atoms with van der Waals surface area (Å²) < 4.78 is 3.05. The Hall–Kier alpha value is -3.45. The number of hydrogen-bond donors (Lipinski definition) is 2. The van der Waals surface area contributed by atoms with Crippen LogP contribution in [0.2, 0.25) is 0 Å². The van der Waals surface area contributed by atoms with Crippen LogP contribution < -0.4 is 5.32 Å². The van der Waals surface area contributed by atoms with E-state index in [1.165, 1.54) is 5.56 Å². The highest BCUT2D eigenvalue weighted by molar-refractivity contribution is 9.10. The highest BCUT2D eigenvalue weighted by Crippen LogP contribution is 2.25. The Bertz CT molecular complexity index is 1250. The number of fused-ring (bicyclic) bond motifs is 1. The molecule has 0 saturated heterocycles. The predicted octanol–water partition coefficient (Wildman–Crippen LogP) is 4.91. The maximum absolute atomic E-state index is 12.5. The largest absolute Gasteiger partial charge is 0.478 e. The lowest BCUT2D eigenvalue weighted by atomic mass is 10.1. The van der Waals surface area contributed by atoms with E-state index in [4.69, 9.17) is 10.1 Å². The van der Waals surface area contributed by atoms with Crippen LogP contribution in [0, 0.1) is 0 Å². The van der Waals surface area contributed by atoms with Crippen LogP contribution in [0.15, 0.2) is 77.3 Å². The number of carboxylic acids is 1. The van der Waals surface area contributed by atoms with Gasteiger partial charge in [0.1, 0.15) is 5.82 Å². The van der Waals surface area contributed by atoms with Gasteiger partial charge in [0.15, 0.2) is 0 Å². The minimum Gasteiger partial charge on any atom is -0.478 e. The number of aromatic carboxylic acids is 1. The number of nitrogens with zero attached hydrogens (tertiary/aromatic N) is 2. The molecule has 0 spiro atoms. The van der Waals surface area contributed by atoms with Gasteiger partial charge in [-0.05, 0) is 48.4 Å². The number of carbonyl (C=O) groups is 2. The average molecular weight is 492 g/mol. The van der Waals surface area contributed by atoms with Crippen molar-refractivity contribution in [3.8, 4) is 11.4 Å². The molecule has 162 valence electrons. The van der Waals surface area contributed by atoms with Gasteiger partial charge in [0.05, 0.1) is 16.6 Å². The van der Waals surface area contributed by atoms with Crippen molar-refractivity contribution in [2.24, 2.45) is 0 Å². The van der Waals surface area contributed by atoms with Crippen LogP contribution in [-0.2, 0) is 17.8 Å². The number of nitrogens with one attached hydrogen (secondary N) is 1. The summed E-state index contributed by atoms with van der Waals surface area (Å²) in [5, 5.41) is 12.1. The van der Waals surface area contributed by atoms with Gasteiger partial charge >= 0.3 is 5.97 Å². The van der Waals surface area contributed by atoms with Crippen LogP contribution in [0.1, 0.15) is 22.3 Å². The zero-order valence-electron chi connectivity index (χ0n) is 17.3. The number of para-hydroxylation sites is 2. The Morgan fingerprint density at radius 1 is 0.969 bits per heavy atom. The topological polar surface area (TPSA) is 84.2 Å². The van der Waals surface area contributed by atoms with Crippen LogP contribution in [0.3, 0.4) is 0 Å². The van der Waals surface area contributed by atoms with Crippen molar-refractivity contribution in [1.82, 2.24) is 14.9 Å². The van der Waals surface area contributed by atoms with Gasteiger partial charge < -0.3 is 15.0 Å². The molecule has 0 saturated carbocycles. The minimum atomic E-state index is -0.968.